The number of methoxy groups -OCH3 is 1. The van der Waals surface area contributed by atoms with Crippen LogP contribution < -0.4 is 0 Å². The van der Waals surface area contributed by atoms with Crippen molar-refractivity contribution in [1.29, 1.82) is 0 Å². The normalized spacial score (nSPS) is 11.7. The Balaban J connectivity index is 2.02. The summed E-state index contributed by atoms with van der Waals surface area (Å²) in [5.74, 6) is -0.139. The molecule has 2 aromatic carbocycles. The Morgan fingerprint density at radius 1 is 1.00 bits per heavy atom. The molecule has 0 fully saturated rings. The van der Waals surface area contributed by atoms with E-state index in [1.54, 1.807) is 19.2 Å². The predicted molar refractivity (Wildman–Crippen MR) is 83.4 cm³/mol. The van der Waals surface area contributed by atoms with Gasteiger partial charge in [0.2, 0.25) is 0 Å². The molecule has 5 nitrogen and oxygen atoms in total. The minimum atomic E-state index is -3.55. The molecule has 0 aliphatic carbocycles. The molecule has 0 bridgehead atoms. The highest BCUT2D eigenvalue weighted by Crippen LogP contribution is 2.31. The van der Waals surface area contributed by atoms with Gasteiger partial charge in [-0.2, -0.15) is 0 Å². The Hall–Kier alpha value is -1.63. The van der Waals surface area contributed by atoms with Gasteiger partial charge in [0.05, 0.1) is 35.6 Å². The third-order valence-corrected chi connectivity index (χ3v) is 4.08. The van der Waals surface area contributed by atoms with Gasteiger partial charge in [0.15, 0.2) is 0 Å². The smallest absolute Gasteiger partial charge is 0.0960 e. The topological polar surface area (TPSA) is 66.7 Å². The molecule has 2 rings (SSSR count). The van der Waals surface area contributed by atoms with Crippen molar-refractivity contribution in [2.24, 2.45) is 0 Å². The van der Waals surface area contributed by atoms with Gasteiger partial charge in [-0.1, -0.05) is 42.5 Å². The van der Waals surface area contributed by atoms with Gasteiger partial charge in [0.25, 0.3) is 0 Å². The first-order valence-corrected chi connectivity index (χ1v) is 8.23. The quantitative estimate of drug-likeness (QED) is 0.703. The van der Waals surface area contributed by atoms with Gasteiger partial charge in [-0.25, -0.2) is 8.42 Å². The van der Waals surface area contributed by atoms with Gasteiger partial charge in [0, 0.05) is 7.11 Å². The van der Waals surface area contributed by atoms with Crippen LogP contribution in [0.15, 0.2) is 42.5 Å². The minimum Gasteiger partial charge on any atom is -0.576 e. The minimum absolute atomic E-state index is 0.111. The van der Waals surface area contributed by atoms with Crippen molar-refractivity contribution in [2.75, 3.05) is 32.7 Å². The van der Waals surface area contributed by atoms with Crippen LogP contribution in [-0.2, 0) is 19.5 Å². The predicted octanol–water partition coefficient (Wildman–Crippen LogP) is 2.84. The molecule has 0 radical (unpaired) electrons. The number of hydrogen-bond donors (Lipinski definition) is 0. The Morgan fingerprint density at radius 2 is 1.76 bits per heavy atom. The number of benzene rings is 2. The fourth-order valence-corrected chi connectivity index (χ4v) is 2.77. The lowest BCUT2D eigenvalue weighted by molar-refractivity contribution is 0.0785. The first kappa shape index (κ1) is 15.8. The summed E-state index contributed by atoms with van der Waals surface area (Å²) in [7, 11) is -1.99. The van der Waals surface area contributed by atoms with E-state index in [1.807, 2.05) is 30.3 Å². The van der Waals surface area contributed by atoms with Crippen LogP contribution in [0.25, 0.3) is 15.5 Å². The van der Waals surface area contributed by atoms with E-state index >= 15 is 0 Å². The standard InChI is InChI=1S/C15H18NO4S/c1-19-9-10-20-11-12-21(17,18)16-15-8-4-6-13-5-2-3-7-14(13)15/h2-8H,9-12H2,1H3/q-1. The molecule has 0 N–H and O–H groups in total. The number of hydrogen-bond acceptors (Lipinski definition) is 4. The molecule has 0 aromatic heterocycles. The molecule has 0 saturated carbocycles. The Kier molecular flexibility index (Phi) is 5.55. The average molecular weight is 308 g/mol. The number of sulfonamides is 1. The molecule has 0 unspecified atom stereocenters. The van der Waals surface area contributed by atoms with Gasteiger partial charge >= 0.3 is 0 Å². The largest absolute Gasteiger partial charge is 0.576 e. The molecular formula is C15H18NO4S-. The van der Waals surface area contributed by atoms with E-state index in [1.165, 1.54) is 0 Å². The zero-order valence-corrected chi connectivity index (χ0v) is 12.7. The molecule has 0 aliphatic heterocycles. The molecule has 2 aromatic rings. The van der Waals surface area contributed by atoms with Crippen molar-refractivity contribution in [1.82, 2.24) is 0 Å². The summed E-state index contributed by atoms with van der Waals surface area (Å²) < 4.78 is 37.9. The second-order valence-electron chi connectivity index (χ2n) is 4.48. The fourth-order valence-electron chi connectivity index (χ4n) is 1.89. The van der Waals surface area contributed by atoms with Crippen molar-refractivity contribution in [3.8, 4) is 0 Å². The lowest BCUT2D eigenvalue weighted by atomic mass is 10.1. The van der Waals surface area contributed by atoms with Crippen molar-refractivity contribution in [3.63, 3.8) is 0 Å². The van der Waals surface area contributed by atoms with E-state index < -0.39 is 10.0 Å². The van der Waals surface area contributed by atoms with E-state index in [2.05, 4.69) is 4.72 Å². The van der Waals surface area contributed by atoms with Crippen molar-refractivity contribution in [2.45, 2.75) is 0 Å². The van der Waals surface area contributed by atoms with Gasteiger partial charge in [0.1, 0.15) is 0 Å². The molecule has 21 heavy (non-hydrogen) atoms. The first-order valence-electron chi connectivity index (χ1n) is 6.62. The molecule has 0 amide bonds. The van der Waals surface area contributed by atoms with Crippen LogP contribution in [0.3, 0.4) is 0 Å². The first-order chi connectivity index (χ1) is 10.1. The third-order valence-electron chi connectivity index (χ3n) is 2.92. The Bertz CT molecular complexity index is 680. The monoisotopic (exact) mass is 308 g/mol. The molecule has 6 heteroatoms. The number of ether oxygens (including phenoxy) is 2. The summed E-state index contributed by atoms with van der Waals surface area (Å²) in [6, 6.07) is 13.0. The molecular weight excluding hydrogens is 290 g/mol. The van der Waals surface area contributed by atoms with Gasteiger partial charge < -0.3 is 14.2 Å². The summed E-state index contributed by atoms with van der Waals surface area (Å²) in [5.41, 5.74) is 0.463. The summed E-state index contributed by atoms with van der Waals surface area (Å²) in [4.78, 5) is 0. The second-order valence-corrected chi connectivity index (χ2v) is 6.24. The lowest BCUT2D eigenvalue weighted by Gasteiger charge is -2.23. The third kappa shape index (κ3) is 4.70. The number of fused-ring (bicyclic) bond motifs is 1. The zero-order valence-electron chi connectivity index (χ0n) is 11.9. The maximum absolute atomic E-state index is 12.0. The van der Waals surface area contributed by atoms with Crippen LogP contribution in [0, 0.1) is 0 Å². The molecule has 0 atom stereocenters. The van der Waals surface area contributed by atoms with Crippen LogP contribution in [0.2, 0.25) is 0 Å². The highest BCUT2D eigenvalue weighted by molar-refractivity contribution is 7.94. The molecule has 0 heterocycles. The van der Waals surface area contributed by atoms with E-state index in [0.717, 1.165) is 10.8 Å². The van der Waals surface area contributed by atoms with Crippen molar-refractivity contribution < 1.29 is 17.9 Å². The van der Waals surface area contributed by atoms with E-state index in [-0.39, 0.29) is 12.4 Å². The molecule has 0 saturated heterocycles. The Morgan fingerprint density at radius 3 is 2.57 bits per heavy atom. The lowest BCUT2D eigenvalue weighted by Crippen LogP contribution is -2.12. The van der Waals surface area contributed by atoms with E-state index in [0.29, 0.717) is 18.9 Å². The van der Waals surface area contributed by atoms with Gasteiger partial charge in [-0.05, 0) is 10.8 Å². The van der Waals surface area contributed by atoms with Crippen LogP contribution in [0.1, 0.15) is 0 Å². The van der Waals surface area contributed by atoms with Crippen LogP contribution >= 0.6 is 0 Å². The molecule has 0 aliphatic rings. The summed E-state index contributed by atoms with van der Waals surface area (Å²) in [6.07, 6.45) is 0. The highest BCUT2D eigenvalue weighted by Gasteiger charge is 2.02. The fraction of sp³-hybridized carbons (Fsp3) is 0.333. The SMILES string of the molecule is COCCOCCS(=O)(=O)[N-]c1cccc2ccccc12. The molecule has 0 spiro atoms. The van der Waals surface area contributed by atoms with Crippen LogP contribution in [-0.4, -0.2) is 41.1 Å². The van der Waals surface area contributed by atoms with E-state index in [4.69, 9.17) is 9.47 Å². The van der Waals surface area contributed by atoms with Crippen molar-refractivity contribution >= 4 is 26.5 Å². The van der Waals surface area contributed by atoms with Crippen LogP contribution in [0.5, 0.6) is 0 Å². The zero-order chi connectivity index (χ0) is 15.1. The second kappa shape index (κ2) is 7.40. The Labute approximate surface area is 124 Å². The summed E-state index contributed by atoms with van der Waals surface area (Å²) >= 11 is 0. The van der Waals surface area contributed by atoms with Crippen LogP contribution in [0.4, 0.5) is 5.69 Å². The highest BCUT2D eigenvalue weighted by atomic mass is 32.2. The summed E-state index contributed by atoms with van der Waals surface area (Å²) in [6.45, 7) is 0.931. The molecule has 114 valence electrons. The van der Waals surface area contributed by atoms with E-state index in [9.17, 15) is 8.42 Å². The number of nitrogens with zero attached hydrogens (tertiary/aromatic N) is 1. The van der Waals surface area contributed by atoms with Gasteiger partial charge in [-0.3, -0.25) is 0 Å². The summed E-state index contributed by atoms with van der Waals surface area (Å²) in [5, 5.41) is 1.79. The maximum atomic E-state index is 12.0. The average Bonchev–Trinajstić information content (AvgIpc) is 2.47. The van der Waals surface area contributed by atoms with Gasteiger partial charge in [-0.15, -0.1) is 5.69 Å². The number of rotatable bonds is 8. The maximum Gasteiger partial charge on any atom is 0.0960 e. The van der Waals surface area contributed by atoms with Crippen molar-refractivity contribution in [3.05, 3.63) is 47.2 Å².